The van der Waals surface area contributed by atoms with Gasteiger partial charge in [-0.1, -0.05) is 33.8 Å². The Morgan fingerprint density at radius 2 is 1.80 bits per heavy atom. The van der Waals surface area contributed by atoms with Crippen LogP contribution in [0.5, 0.6) is 0 Å². The van der Waals surface area contributed by atoms with E-state index in [0.29, 0.717) is 17.8 Å². The minimum Gasteiger partial charge on any atom is -0.455 e. The van der Waals surface area contributed by atoms with Crippen LogP contribution in [0.15, 0.2) is 12.7 Å². The Morgan fingerprint density at radius 3 is 2.32 bits per heavy atom. The molecule has 0 aromatic heterocycles. The molecule has 0 amide bonds. The number of ether oxygens (including phenoxy) is 2. The van der Waals surface area contributed by atoms with E-state index in [9.17, 15) is 4.79 Å². The van der Waals surface area contributed by atoms with Crippen LogP contribution in [-0.2, 0) is 14.3 Å². The first-order chi connectivity index (χ1) is 12.0. The maximum Gasteiger partial charge on any atom is 0.330 e. The fraction of sp³-hybridized carbons (Fsp3) is 0.864. The lowest BCUT2D eigenvalue weighted by molar-refractivity contribution is -0.267. The van der Waals surface area contributed by atoms with E-state index in [2.05, 4.69) is 27.4 Å². The van der Waals surface area contributed by atoms with Gasteiger partial charge in [-0.3, -0.25) is 0 Å². The Hall–Kier alpha value is -0.830. The van der Waals surface area contributed by atoms with Gasteiger partial charge in [0.25, 0.3) is 0 Å². The van der Waals surface area contributed by atoms with Gasteiger partial charge in [0.1, 0.15) is 5.60 Å². The molecule has 4 aliphatic carbocycles. The van der Waals surface area contributed by atoms with E-state index in [1.807, 2.05) is 0 Å². The highest BCUT2D eigenvalue weighted by Crippen LogP contribution is 2.65. The van der Waals surface area contributed by atoms with Crippen molar-refractivity contribution >= 4 is 5.97 Å². The van der Waals surface area contributed by atoms with Crippen LogP contribution in [0.2, 0.25) is 0 Å². The fourth-order valence-corrected chi connectivity index (χ4v) is 6.60. The van der Waals surface area contributed by atoms with Crippen LogP contribution in [0.25, 0.3) is 0 Å². The zero-order valence-corrected chi connectivity index (χ0v) is 16.4. The number of esters is 1. The lowest BCUT2D eigenvalue weighted by Crippen LogP contribution is -2.68. The van der Waals surface area contributed by atoms with Crippen LogP contribution < -0.4 is 0 Å². The van der Waals surface area contributed by atoms with E-state index in [1.54, 1.807) is 0 Å². The van der Waals surface area contributed by atoms with Crippen molar-refractivity contribution in [2.45, 2.75) is 89.8 Å². The largest absolute Gasteiger partial charge is 0.455 e. The molecule has 4 aliphatic rings. The molecule has 3 heteroatoms. The molecule has 0 aromatic carbocycles. The van der Waals surface area contributed by atoms with Crippen LogP contribution in [0, 0.1) is 23.7 Å². The molecule has 4 rings (SSSR count). The molecule has 142 valence electrons. The maximum atomic E-state index is 12.3. The lowest BCUT2D eigenvalue weighted by Gasteiger charge is -2.65. The molecule has 4 bridgehead atoms. The zero-order valence-electron chi connectivity index (χ0n) is 16.4. The van der Waals surface area contributed by atoms with Crippen molar-refractivity contribution in [3.63, 3.8) is 0 Å². The third-order valence-corrected chi connectivity index (χ3v) is 7.38. The Morgan fingerprint density at radius 1 is 1.16 bits per heavy atom. The molecule has 25 heavy (non-hydrogen) atoms. The van der Waals surface area contributed by atoms with Gasteiger partial charge in [0.05, 0.1) is 5.60 Å². The summed E-state index contributed by atoms with van der Waals surface area (Å²) in [6.07, 6.45) is 11.6. The van der Waals surface area contributed by atoms with Crippen LogP contribution in [-0.4, -0.2) is 23.8 Å². The van der Waals surface area contributed by atoms with Crippen molar-refractivity contribution < 1.29 is 14.3 Å². The molecular weight excluding hydrogens is 312 g/mol. The second kappa shape index (κ2) is 7.42. The SMILES string of the molecule is C=CC(=O)OC1(C(CC)CC)C2CC3CC1CC(OCCCC)(C3)C2. The highest BCUT2D eigenvalue weighted by atomic mass is 16.6. The normalized spacial score (nSPS) is 39.0. The Labute approximate surface area is 153 Å². The molecule has 2 unspecified atom stereocenters. The molecule has 0 spiro atoms. The smallest absolute Gasteiger partial charge is 0.330 e. The number of hydrogen-bond acceptors (Lipinski definition) is 3. The Kier molecular flexibility index (Phi) is 5.63. The number of unbranched alkanes of at least 4 members (excludes halogenated alkanes) is 1. The highest BCUT2D eigenvalue weighted by Gasteiger charge is 2.66. The highest BCUT2D eigenvalue weighted by molar-refractivity contribution is 5.81. The van der Waals surface area contributed by atoms with E-state index in [-0.39, 0.29) is 17.2 Å². The van der Waals surface area contributed by atoms with Gasteiger partial charge in [-0.2, -0.15) is 0 Å². The maximum absolute atomic E-state index is 12.3. The third kappa shape index (κ3) is 3.18. The minimum atomic E-state index is -0.288. The molecule has 3 nitrogen and oxygen atoms in total. The molecule has 0 heterocycles. The van der Waals surface area contributed by atoms with Gasteiger partial charge in [-0.25, -0.2) is 4.79 Å². The standard InChI is InChI=1S/C22H36O3/c1-5-9-10-24-21-13-16-11-18(14-21)22(17(6-2)7-3,19(12-16)15-21)25-20(23)8-4/h8,16-19H,4-7,9-15H2,1-3H3. The zero-order chi connectivity index (χ0) is 18.1. The third-order valence-electron chi connectivity index (χ3n) is 7.38. The van der Waals surface area contributed by atoms with Crippen molar-refractivity contribution in [1.29, 1.82) is 0 Å². The van der Waals surface area contributed by atoms with Crippen LogP contribution in [0.1, 0.15) is 78.6 Å². The molecular formula is C22H36O3. The quantitative estimate of drug-likeness (QED) is 0.323. The predicted octanol–water partition coefficient (Wildman–Crippen LogP) is 5.29. The van der Waals surface area contributed by atoms with Gasteiger partial charge < -0.3 is 9.47 Å². The topological polar surface area (TPSA) is 35.5 Å². The minimum absolute atomic E-state index is 0.0573. The van der Waals surface area contributed by atoms with Crippen molar-refractivity contribution in [2.75, 3.05) is 6.61 Å². The van der Waals surface area contributed by atoms with Crippen molar-refractivity contribution in [3.05, 3.63) is 12.7 Å². The van der Waals surface area contributed by atoms with Crippen molar-refractivity contribution in [3.8, 4) is 0 Å². The van der Waals surface area contributed by atoms with Gasteiger partial charge in [-0.05, 0) is 63.2 Å². The Balaban J connectivity index is 1.89. The number of rotatable bonds is 9. The first-order valence-corrected chi connectivity index (χ1v) is 10.5. The van der Waals surface area contributed by atoms with E-state index in [4.69, 9.17) is 9.47 Å². The lowest BCUT2D eigenvalue weighted by atomic mass is 9.45. The molecule has 0 aromatic rings. The average Bonchev–Trinajstić information content (AvgIpc) is 2.59. The van der Waals surface area contributed by atoms with Crippen LogP contribution in [0.4, 0.5) is 0 Å². The number of carbonyl (C=O) groups excluding carboxylic acids is 1. The van der Waals surface area contributed by atoms with Gasteiger partial charge in [0, 0.05) is 24.5 Å². The van der Waals surface area contributed by atoms with Gasteiger partial charge in [0.2, 0.25) is 0 Å². The molecule has 0 radical (unpaired) electrons. The van der Waals surface area contributed by atoms with E-state index in [0.717, 1.165) is 44.6 Å². The first kappa shape index (κ1) is 18.9. The molecule has 2 atom stereocenters. The molecule has 0 N–H and O–H groups in total. The Bertz CT molecular complexity index is 478. The van der Waals surface area contributed by atoms with Crippen molar-refractivity contribution in [2.24, 2.45) is 23.7 Å². The van der Waals surface area contributed by atoms with Crippen LogP contribution >= 0.6 is 0 Å². The van der Waals surface area contributed by atoms with Crippen LogP contribution in [0.3, 0.4) is 0 Å². The average molecular weight is 349 g/mol. The molecule has 4 saturated carbocycles. The fourth-order valence-electron chi connectivity index (χ4n) is 6.60. The summed E-state index contributed by atoms with van der Waals surface area (Å²) >= 11 is 0. The van der Waals surface area contributed by atoms with E-state index in [1.165, 1.54) is 31.8 Å². The summed E-state index contributed by atoms with van der Waals surface area (Å²) in [5.74, 6) is 1.87. The second-order valence-electron chi connectivity index (χ2n) is 8.72. The number of carbonyl (C=O) groups is 1. The first-order valence-electron chi connectivity index (χ1n) is 10.5. The number of hydrogen-bond donors (Lipinski definition) is 0. The summed E-state index contributed by atoms with van der Waals surface area (Å²) in [6.45, 7) is 11.2. The predicted molar refractivity (Wildman–Crippen MR) is 100 cm³/mol. The van der Waals surface area contributed by atoms with E-state index >= 15 is 0 Å². The summed E-state index contributed by atoms with van der Waals surface area (Å²) < 4.78 is 12.8. The summed E-state index contributed by atoms with van der Waals surface area (Å²) in [4.78, 5) is 12.3. The monoisotopic (exact) mass is 348 g/mol. The second-order valence-corrected chi connectivity index (χ2v) is 8.72. The van der Waals surface area contributed by atoms with E-state index < -0.39 is 0 Å². The molecule has 0 aliphatic heterocycles. The van der Waals surface area contributed by atoms with Gasteiger partial charge >= 0.3 is 5.97 Å². The summed E-state index contributed by atoms with van der Waals surface area (Å²) in [6, 6.07) is 0. The van der Waals surface area contributed by atoms with Crippen molar-refractivity contribution in [1.82, 2.24) is 0 Å². The van der Waals surface area contributed by atoms with Gasteiger partial charge in [0.15, 0.2) is 0 Å². The molecule has 0 saturated heterocycles. The molecule has 4 fully saturated rings. The van der Waals surface area contributed by atoms with Gasteiger partial charge in [-0.15, -0.1) is 0 Å². The summed E-state index contributed by atoms with van der Waals surface area (Å²) in [5, 5.41) is 0. The summed E-state index contributed by atoms with van der Waals surface area (Å²) in [7, 11) is 0. The summed E-state index contributed by atoms with van der Waals surface area (Å²) in [5.41, 5.74) is -0.231.